The van der Waals surface area contributed by atoms with E-state index < -0.39 is 17.8 Å². The first-order valence-corrected chi connectivity index (χ1v) is 4.54. The first-order valence-electron chi connectivity index (χ1n) is 3.74. The molecule has 1 rings (SSSR count). The number of carbonyl (C=O) groups is 1. The maximum absolute atomic E-state index is 12.5. The van der Waals surface area contributed by atoms with Crippen LogP contribution in [0.5, 0.6) is 0 Å². The number of urea groups is 1. The topological polar surface area (TPSA) is 55.1 Å². The number of hydrogen-bond acceptors (Lipinski definition) is 1. The van der Waals surface area contributed by atoms with Crippen molar-refractivity contribution in [2.75, 3.05) is 5.32 Å². The molecule has 0 fully saturated rings. The van der Waals surface area contributed by atoms with Crippen LogP contribution in [0.4, 0.5) is 23.7 Å². The molecule has 0 aliphatic rings. The second-order valence-corrected chi connectivity index (χ2v) is 3.50. The molecule has 0 unspecified atom stereocenters. The van der Waals surface area contributed by atoms with Crippen LogP contribution in [0.2, 0.25) is 0 Å². The van der Waals surface area contributed by atoms with Gasteiger partial charge in [-0.3, -0.25) is 0 Å². The van der Waals surface area contributed by atoms with E-state index in [0.717, 1.165) is 6.07 Å². The Morgan fingerprint density at radius 3 is 2.47 bits per heavy atom. The Hall–Kier alpha value is -1.24. The monoisotopic (exact) mass is 282 g/mol. The third-order valence-corrected chi connectivity index (χ3v) is 2.23. The number of para-hydroxylation sites is 1. The van der Waals surface area contributed by atoms with Gasteiger partial charge in [0.25, 0.3) is 0 Å². The number of alkyl halides is 3. The van der Waals surface area contributed by atoms with Crippen LogP contribution in [0, 0.1) is 0 Å². The molecule has 1 aromatic rings. The van der Waals surface area contributed by atoms with E-state index in [9.17, 15) is 18.0 Å². The lowest BCUT2D eigenvalue weighted by molar-refractivity contribution is -0.136. The minimum absolute atomic E-state index is 0.121. The van der Waals surface area contributed by atoms with Crippen molar-refractivity contribution in [3.8, 4) is 0 Å². The Morgan fingerprint density at radius 1 is 1.40 bits per heavy atom. The van der Waals surface area contributed by atoms with Gasteiger partial charge in [0, 0.05) is 4.47 Å². The van der Waals surface area contributed by atoms with Crippen molar-refractivity contribution in [1.82, 2.24) is 0 Å². The summed E-state index contributed by atoms with van der Waals surface area (Å²) in [4.78, 5) is 10.5. The summed E-state index contributed by atoms with van der Waals surface area (Å²) in [6.07, 6.45) is -4.54. The predicted molar refractivity (Wildman–Crippen MR) is 52.4 cm³/mol. The molecule has 3 nitrogen and oxygen atoms in total. The maximum atomic E-state index is 12.5. The Labute approximate surface area is 91.6 Å². The molecule has 0 spiro atoms. The molecule has 0 saturated carbocycles. The Bertz CT molecular complexity index is 392. The minimum atomic E-state index is -4.54. The molecule has 0 bridgehead atoms. The summed E-state index contributed by atoms with van der Waals surface area (Å²) < 4.78 is 37.5. The van der Waals surface area contributed by atoms with Gasteiger partial charge in [0.1, 0.15) is 0 Å². The van der Waals surface area contributed by atoms with Crippen molar-refractivity contribution < 1.29 is 18.0 Å². The summed E-state index contributed by atoms with van der Waals surface area (Å²) >= 11 is 2.90. The van der Waals surface area contributed by atoms with Crippen molar-refractivity contribution in [2.45, 2.75) is 6.18 Å². The van der Waals surface area contributed by atoms with Gasteiger partial charge >= 0.3 is 12.2 Å². The van der Waals surface area contributed by atoms with E-state index in [1.165, 1.54) is 12.1 Å². The zero-order valence-corrected chi connectivity index (χ0v) is 8.82. The Kier molecular flexibility index (Phi) is 3.23. The molecular formula is C8H6BrF3N2O. The van der Waals surface area contributed by atoms with Gasteiger partial charge in [0.15, 0.2) is 0 Å². The largest absolute Gasteiger partial charge is 0.418 e. The summed E-state index contributed by atoms with van der Waals surface area (Å²) in [7, 11) is 0. The molecule has 15 heavy (non-hydrogen) atoms. The first kappa shape index (κ1) is 11.8. The van der Waals surface area contributed by atoms with Crippen molar-refractivity contribution in [3.05, 3.63) is 28.2 Å². The number of benzene rings is 1. The van der Waals surface area contributed by atoms with Crippen LogP contribution in [-0.4, -0.2) is 6.03 Å². The number of hydrogen-bond donors (Lipinski definition) is 2. The number of nitrogens with two attached hydrogens (primary N) is 1. The minimum Gasteiger partial charge on any atom is -0.351 e. The van der Waals surface area contributed by atoms with Gasteiger partial charge < -0.3 is 11.1 Å². The van der Waals surface area contributed by atoms with E-state index in [2.05, 4.69) is 15.9 Å². The molecule has 0 aromatic heterocycles. The van der Waals surface area contributed by atoms with Crippen LogP contribution in [0.3, 0.4) is 0 Å². The van der Waals surface area contributed by atoms with E-state index in [4.69, 9.17) is 5.73 Å². The number of primary amides is 1. The molecule has 0 aliphatic heterocycles. The molecule has 7 heteroatoms. The van der Waals surface area contributed by atoms with Crippen molar-refractivity contribution in [3.63, 3.8) is 0 Å². The molecule has 2 amide bonds. The second kappa shape index (κ2) is 4.09. The lowest BCUT2D eigenvalue weighted by Crippen LogP contribution is -2.22. The summed E-state index contributed by atoms with van der Waals surface area (Å²) in [5.74, 6) is 0. The van der Waals surface area contributed by atoms with Gasteiger partial charge in [0.2, 0.25) is 0 Å². The van der Waals surface area contributed by atoms with E-state index in [0.29, 0.717) is 0 Å². The van der Waals surface area contributed by atoms with Crippen LogP contribution < -0.4 is 11.1 Å². The number of nitrogens with one attached hydrogen (secondary N) is 1. The summed E-state index contributed by atoms with van der Waals surface area (Å²) in [5.41, 5.74) is 3.44. The van der Waals surface area contributed by atoms with Gasteiger partial charge in [-0.2, -0.15) is 13.2 Å². The van der Waals surface area contributed by atoms with E-state index in [1.807, 2.05) is 5.32 Å². The summed E-state index contributed by atoms with van der Waals surface area (Å²) in [6.45, 7) is 0. The van der Waals surface area contributed by atoms with Crippen LogP contribution in [0.25, 0.3) is 0 Å². The summed E-state index contributed by atoms with van der Waals surface area (Å²) in [5, 5.41) is 1.92. The van der Waals surface area contributed by atoms with Gasteiger partial charge in [-0.25, -0.2) is 4.79 Å². The highest BCUT2D eigenvalue weighted by Crippen LogP contribution is 2.38. The smallest absolute Gasteiger partial charge is 0.351 e. The molecule has 0 radical (unpaired) electrons. The quantitative estimate of drug-likeness (QED) is 0.818. The van der Waals surface area contributed by atoms with Gasteiger partial charge in [-0.1, -0.05) is 6.07 Å². The molecule has 1 aromatic carbocycles. The molecule has 82 valence electrons. The van der Waals surface area contributed by atoms with Gasteiger partial charge in [-0.15, -0.1) is 0 Å². The fraction of sp³-hybridized carbons (Fsp3) is 0.125. The van der Waals surface area contributed by atoms with Crippen molar-refractivity contribution in [2.24, 2.45) is 5.73 Å². The third kappa shape index (κ3) is 2.85. The number of halogens is 4. The van der Waals surface area contributed by atoms with Crippen molar-refractivity contribution >= 4 is 27.6 Å². The predicted octanol–water partition coefficient (Wildman–Crippen LogP) is 2.96. The van der Waals surface area contributed by atoms with Crippen LogP contribution in [-0.2, 0) is 6.18 Å². The zero-order valence-electron chi connectivity index (χ0n) is 7.23. The van der Waals surface area contributed by atoms with Crippen LogP contribution in [0.15, 0.2) is 22.7 Å². The van der Waals surface area contributed by atoms with E-state index >= 15 is 0 Å². The van der Waals surface area contributed by atoms with E-state index in [1.54, 1.807) is 0 Å². The number of amides is 2. The molecule has 0 aliphatic carbocycles. The average Bonchev–Trinajstić information content (AvgIpc) is 2.05. The van der Waals surface area contributed by atoms with Gasteiger partial charge in [-0.05, 0) is 28.1 Å². The van der Waals surface area contributed by atoms with E-state index in [-0.39, 0.29) is 10.2 Å². The summed E-state index contributed by atoms with van der Waals surface area (Å²) in [6, 6.07) is 2.41. The zero-order chi connectivity index (χ0) is 11.6. The Balaban J connectivity index is 3.26. The van der Waals surface area contributed by atoms with Crippen LogP contribution in [0.1, 0.15) is 5.56 Å². The lowest BCUT2D eigenvalue weighted by atomic mass is 10.1. The highest BCUT2D eigenvalue weighted by Gasteiger charge is 2.34. The first-order chi connectivity index (χ1) is 6.82. The molecular weight excluding hydrogens is 277 g/mol. The standard InChI is InChI=1S/C8H6BrF3N2O/c9-5-3-1-2-4(8(10,11)12)6(5)14-7(13)15/h1-3H,(H3,13,14,15). The highest BCUT2D eigenvalue weighted by atomic mass is 79.9. The highest BCUT2D eigenvalue weighted by molar-refractivity contribution is 9.10. The maximum Gasteiger partial charge on any atom is 0.418 e. The Morgan fingerprint density at radius 2 is 2.00 bits per heavy atom. The average molecular weight is 283 g/mol. The molecule has 0 atom stereocenters. The SMILES string of the molecule is NC(=O)Nc1c(Br)cccc1C(F)(F)F. The second-order valence-electron chi connectivity index (χ2n) is 2.65. The normalized spacial score (nSPS) is 11.2. The number of anilines is 1. The van der Waals surface area contributed by atoms with Crippen LogP contribution >= 0.6 is 15.9 Å². The number of carbonyl (C=O) groups excluding carboxylic acids is 1. The molecule has 0 saturated heterocycles. The fourth-order valence-electron chi connectivity index (χ4n) is 1.01. The van der Waals surface area contributed by atoms with Gasteiger partial charge in [0.05, 0.1) is 11.3 Å². The fourth-order valence-corrected chi connectivity index (χ4v) is 1.48. The lowest BCUT2D eigenvalue weighted by Gasteiger charge is -2.13. The number of rotatable bonds is 1. The molecule has 0 heterocycles. The third-order valence-electron chi connectivity index (χ3n) is 1.57. The van der Waals surface area contributed by atoms with Crippen molar-refractivity contribution in [1.29, 1.82) is 0 Å². The molecule has 3 N–H and O–H groups in total.